The number of nitrogens with one attached hydrogen (secondary N) is 1. The lowest BCUT2D eigenvalue weighted by Gasteiger charge is -2.06. The van der Waals surface area contributed by atoms with Crippen molar-refractivity contribution in [1.29, 1.82) is 0 Å². The molecule has 0 fully saturated rings. The number of aromatic hydroxyl groups is 1. The van der Waals surface area contributed by atoms with Crippen LogP contribution in [0.25, 0.3) is 0 Å². The maximum atomic E-state index is 11.4. The summed E-state index contributed by atoms with van der Waals surface area (Å²) in [6.07, 6.45) is 1.44. The van der Waals surface area contributed by atoms with Gasteiger partial charge in [-0.2, -0.15) is 0 Å². The maximum Gasteiger partial charge on any atom is 0.374 e. The Morgan fingerprint density at radius 3 is 3.00 bits per heavy atom. The molecule has 0 saturated heterocycles. The van der Waals surface area contributed by atoms with Crippen LogP contribution in [0.2, 0.25) is 0 Å². The van der Waals surface area contributed by atoms with Crippen molar-refractivity contribution in [1.82, 2.24) is 0 Å². The summed E-state index contributed by atoms with van der Waals surface area (Å²) in [7, 11) is 1.30. The Morgan fingerprint density at radius 1 is 1.44 bits per heavy atom. The zero-order valence-electron chi connectivity index (χ0n) is 9.84. The number of rotatable bonds is 4. The highest BCUT2D eigenvalue weighted by atomic mass is 16.5. The zero-order valence-corrected chi connectivity index (χ0v) is 9.84. The van der Waals surface area contributed by atoms with Crippen molar-refractivity contribution < 1.29 is 19.1 Å². The fourth-order valence-electron chi connectivity index (χ4n) is 1.56. The van der Waals surface area contributed by atoms with E-state index in [1.165, 1.54) is 13.4 Å². The summed E-state index contributed by atoms with van der Waals surface area (Å²) in [5, 5.41) is 12.4. The quantitative estimate of drug-likeness (QED) is 0.811. The molecule has 18 heavy (non-hydrogen) atoms. The lowest BCUT2D eigenvalue weighted by molar-refractivity contribution is 0.0563. The van der Waals surface area contributed by atoms with E-state index in [1.54, 1.807) is 24.3 Å². The number of hydrogen-bond donors (Lipinski definition) is 2. The Hall–Kier alpha value is -2.43. The van der Waals surface area contributed by atoms with E-state index in [0.717, 1.165) is 5.69 Å². The Balaban J connectivity index is 2.07. The predicted octanol–water partition coefficient (Wildman–Crippen LogP) is 2.38. The predicted molar refractivity (Wildman–Crippen MR) is 65.5 cm³/mol. The average Bonchev–Trinajstić information content (AvgIpc) is 2.84. The number of carbonyl (C=O) groups excluding carboxylic acids is 1. The van der Waals surface area contributed by atoms with E-state index < -0.39 is 5.97 Å². The molecule has 0 atom stereocenters. The van der Waals surface area contributed by atoms with Crippen LogP contribution in [0.5, 0.6) is 5.75 Å². The van der Waals surface area contributed by atoms with Gasteiger partial charge in [-0.15, -0.1) is 0 Å². The number of phenols is 1. The van der Waals surface area contributed by atoms with Gasteiger partial charge in [0.1, 0.15) is 5.75 Å². The van der Waals surface area contributed by atoms with Gasteiger partial charge < -0.3 is 19.6 Å². The number of carbonyl (C=O) groups is 1. The van der Waals surface area contributed by atoms with Crippen LogP contribution in [-0.4, -0.2) is 18.2 Å². The van der Waals surface area contributed by atoms with Gasteiger partial charge in [-0.05, 0) is 18.2 Å². The summed E-state index contributed by atoms with van der Waals surface area (Å²) in [5.41, 5.74) is 1.46. The first-order valence-electron chi connectivity index (χ1n) is 5.38. The molecule has 0 unspecified atom stereocenters. The number of benzene rings is 1. The molecule has 0 spiro atoms. The van der Waals surface area contributed by atoms with E-state index >= 15 is 0 Å². The number of esters is 1. The van der Waals surface area contributed by atoms with Crippen LogP contribution in [0.1, 0.15) is 16.1 Å². The van der Waals surface area contributed by atoms with Crippen LogP contribution < -0.4 is 5.32 Å². The summed E-state index contributed by atoms with van der Waals surface area (Å²) < 4.78 is 9.67. The number of phenolic OH excluding ortho intramolecular Hbond substituents is 1. The van der Waals surface area contributed by atoms with E-state index in [-0.39, 0.29) is 11.5 Å². The maximum absolute atomic E-state index is 11.4. The first kappa shape index (κ1) is 12.0. The molecular formula is C13H13NO4. The molecule has 2 N–H and O–H groups in total. The van der Waals surface area contributed by atoms with Gasteiger partial charge in [0.15, 0.2) is 0 Å². The third-order valence-electron chi connectivity index (χ3n) is 2.45. The van der Waals surface area contributed by atoms with Crippen LogP contribution in [0, 0.1) is 0 Å². The minimum Gasteiger partial charge on any atom is -0.508 e. The van der Waals surface area contributed by atoms with Crippen molar-refractivity contribution in [2.45, 2.75) is 6.54 Å². The second-order valence-electron chi connectivity index (χ2n) is 3.67. The number of ether oxygens (including phenoxy) is 1. The molecule has 0 aliphatic heterocycles. The van der Waals surface area contributed by atoms with E-state index in [1.807, 2.05) is 6.07 Å². The Labute approximate surface area is 104 Å². The van der Waals surface area contributed by atoms with E-state index in [0.29, 0.717) is 12.1 Å². The standard InChI is InChI=1S/C13H13NO4/c1-17-13(16)12-9(5-6-18-12)8-14-10-3-2-4-11(15)7-10/h2-7,14-15H,8H2,1H3. The highest BCUT2D eigenvalue weighted by molar-refractivity contribution is 5.87. The normalized spacial score (nSPS) is 10.1. The Bertz CT molecular complexity index is 547. The van der Waals surface area contributed by atoms with E-state index in [4.69, 9.17) is 4.42 Å². The SMILES string of the molecule is COC(=O)c1occc1CNc1cccc(O)c1. The van der Waals surface area contributed by atoms with Crippen molar-refractivity contribution in [3.05, 3.63) is 47.9 Å². The Morgan fingerprint density at radius 2 is 2.28 bits per heavy atom. The highest BCUT2D eigenvalue weighted by Crippen LogP contribution is 2.18. The van der Waals surface area contributed by atoms with E-state index in [2.05, 4.69) is 10.1 Å². The highest BCUT2D eigenvalue weighted by Gasteiger charge is 2.15. The van der Waals surface area contributed by atoms with Gasteiger partial charge in [-0.3, -0.25) is 0 Å². The molecule has 1 aromatic carbocycles. The first-order chi connectivity index (χ1) is 8.70. The number of hydrogen-bond acceptors (Lipinski definition) is 5. The molecule has 0 bridgehead atoms. The largest absolute Gasteiger partial charge is 0.508 e. The van der Waals surface area contributed by atoms with Crippen LogP contribution in [0.4, 0.5) is 5.69 Å². The molecule has 2 rings (SSSR count). The molecule has 0 amide bonds. The van der Waals surface area contributed by atoms with Crippen LogP contribution >= 0.6 is 0 Å². The van der Waals surface area contributed by atoms with Crippen molar-refractivity contribution in [3.63, 3.8) is 0 Å². The van der Waals surface area contributed by atoms with Crippen molar-refractivity contribution in [2.75, 3.05) is 12.4 Å². The van der Waals surface area contributed by atoms with Crippen molar-refractivity contribution in [2.24, 2.45) is 0 Å². The fraction of sp³-hybridized carbons (Fsp3) is 0.154. The third kappa shape index (κ3) is 2.63. The molecule has 0 radical (unpaired) electrons. The lowest BCUT2D eigenvalue weighted by Crippen LogP contribution is -2.06. The van der Waals surface area contributed by atoms with Gasteiger partial charge in [0.25, 0.3) is 0 Å². The van der Waals surface area contributed by atoms with Crippen LogP contribution in [-0.2, 0) is 11.3 Å². The molecule has 0 saturated carbocycles. The number of anilines is 1. The minimum absolute atomic E-state index is 0.181. The summed E-state index contributed by atoms with van der Waals surface area (Å²) in [6.45, 7) is 0.407. The zero-order chi connectivity index (χ0) is 13.0. The molecule has 2 aromatic rings. The molecule has 1 aromatic heterocycles. The molecule has 1 heterocycles. The summed E-state index contributed by atoms with van der Waals surface area (Å²) >= 11 is 0. The van der Waals surface area contributed by atoms with Gasteiger partial charge >= 0.3 is 5.97 Å². The molecule has 0 aliphatic carbocycles. The molecular weight excluding hydrogens is 234 g/mol. The van der Waals surface area contributed by atoms with Gasteiger partial charge in [0.05, 0.1) is 13.4 Å². The number of furan rings is 1. The molecule has 5 heteroatoms. The second-order valence-corrected chi connectivity index (χ2v) is 3.67. The van der Waals surface area contributed by atoms with Gasteiger partial charge in [-0.1, -0.05) is 6.07 Å². The average molecular weight is 247 g/mol. The molecule has 94 valence electrons. The van der Waals surface area contributed by atoms with Gasteiger partial charge in [0.2, 0.25) is 5.76 Å². The smallest absolute Gasteiger partial charge is 0.374 e. The van der Waals surface area contributed by atoms with Gasteiger partial charge in [-0.25, -0.2) is 4.79 Å². The van der Waals surface area contributed by atoms with Gasteiger partial charge in [0, 0.05) is 23.9 Å². The number of methoxy groups -OCH3 is 1. The monoisotopic (exact) mass is 247 g/mol. The van der Waals surface area contributed by atoms with Crippen molar-refractivity contribution in [3.8, 4) is 5.75 Å². The third-order valence-corrected chi connectivity index (χ3v) is 2.45. The summed E-state index contributed by atoms with van der Waals surface area (Å²) in [5.74, 6) is -0.141. The van der Waals surface area contributed by atoms with Crippen LogP contribution in [0.3, 0.4) is 0 Å². The van der Waals surface area contributed by atoms with Crippen LogP contribution in [0.15, 0.2) is 41.0 Å². The molecule has 0 aliphatic rings. The van der Waals surface area contributed by atoms with E-state index in [9.17, 15) is 9.90 Å². The topological polar surface area (TPSA) is 71.7 Å². The summed E-state index contributed by atoms with van der Waals surface area (Å²) in [4.78, 5) is 11.4. The summed E-state index contributed by atoms with van der Waals surface area (Å²) in [6, 6.07) is 8.43. The second kappa shape index (κ2) is 5.27. The lowest BCUT2D eigenvalue weighted by atomic mass is 10.2. The minimum atomic E-state index is -0.507. The fourth-order valence-corrected chi connectivity index (χ4v) is 1.56. The Kier molecular flexibility index (Phi) is 3.52. The molecule has 5 nitrogen and oxygen atoms in total. The first-order valence-corrected chi connectivity index (χ1v) is 5.38. The van der Waals surface area contributed by atoms with Crippen molar-refractivity contribution >= 4 is 11.7 Å².